The number of hydrazine groups is 1. The predicted molar refractivity (Wildman–Crippen MR) is 115 cm³/mol. The molecule has 2 aromatic heterocycles. The maximum atomic E-state index is 13.0. The Labute approximate surface area is 179 Å². The van der Waals surface area contributed by atoms with E-state index >= 15 is 0 Å². The van der Waals surface area contributed by atoms with Crippen molar-refractivity contribution >= 4 is 38.5 Å². The number of anilines is 1. The van der Waals surface area contributed by atoms with E-state index in [0.29, 0.717) is 49.6 Å². The summed E-state index contributed by atoms with van der Waals surface area (Å²) in [6.07, 6.45) is 1.54. The molecule has 0 bridgehead atoms. The summed E-state index contributed by atoms with van der Waals surface area (Å²) in [6.45, 7) is 0. The summed E-state index contributed by atoms with van der Waals surface area (Å²) in [4.78, 5) is 16.9. The highest BCUT2D eigenvalue weighted by atomic mass is 79.9. The van der Waals surface area contributed by atoms with Crippen molar-refractivity contribution in [2.24, 2.45) is 5.84 Å². The monoisotopic (exact) mass is 470 g/mol. The molecule has 0 saturated heterocycles. The van der Waals surface area contributed by atoms with E-state index in [1.54, 1.807) is 37.5 Å². The van der Waals surface area contributed by atoms with Crippen LogP contribution in [0.5, 0.6) is 11.6 Å². The number of rotatable bonds is 5. The molecule has 0 radical (unpaired) electrons. The molecule has 2 aromatic carbocycles. The van der Waals surface area contributed by atoms with Gasteiger partial charge >= 0.3 is 0 Å². The predicted octanol–water partition coefficient (Wildman–Crippen LogP) is 4.83. The lowest BCUT2D eigenvalue weighted by Crippen LogP contribution is -2.18. The third-order valence-corrected chi connectivity index (χ3v) is 5.08. The number of nitrogens with two attached hydrogens (primary N) is 1. The topological polar surface area (TPSA) is 102 Å². The van der Waals surface area contributed by atoms with Gasteiger partial charge in [0, 0.05) is 40.8 Å². The molecule has 0 fully saturated rings. The van der Waals surface area contributed by atoms with E-state index in [1.165, 1.54) is 24.3 Å². The molecule has 0 spiro atoms. The molecule has 0 unspecified atom stereocenters. The number of amides is 1. The molecule has 2 heterocycles. The standard InChI is InChI=1S/C21H16BrFN4O3/c1-25-21(28)19-14-8-15(22)16(27-24)9-17(14)30-20(19)11-2-7-18(26-10-11)29-13-5-3-12(23)4-6-13/h2-10,27H,24H2,1H3,(H,25,28). The van der Waals surface area contributed by atoms with Crippen LogP contribution in [0.15, 0.2) is 63.6 Å². The zero-order chi connectivity index (χ0) is 21.3. The zero-order valence-corrected chi connectivity index (χ0v) is 17.3. The van der Waals surface area contributed by atoms with Gasteiger partial charge < -0.3 is 19.9 Å². The number of fused-ring (bicyclic) bond motifs is 1. The van der Waals surface area contributed by atoms with E-state index in [4.69, 9.17) is 15.0 Å². The Morgan fingerprint density at radius 3 is 2.60 bits per heavy atom. The van der Waals surface area contributed by atoms with Crippen LogP contribution in [0.1, 0.15) is 10.4 Å². The molecule has 0 aliphatic carbocycles. The van der Waals surface area contributed by atoms with Gasteiger partial charge in [0.05, 0.1) is 11.3 Å². The molecule has 0 saturated carbocycles. The number of ether oxygens (including phenoxy) is 1. The average Bonchev–Trinajstić information content (AvgIpc) is 3.12. The van der Waals surface area contributed by atoms with Gasteiger partial charge in [-0.1, -0.05) is 0 Å². The second-order valence-corrected chi connectivity index (χ2v) is 7.15. The van der Waals surface area contributed by atoms with E-state index in [-0.39, 0.29) is 11.7 Å². The summed E-state index contributed by atoms with van der Waals surface area (Å²) in [7, 11) is 1.55. The van der Waals surface area contributed by atoms with Crippen LogP contribution in [0, 0.1) is 5.82 Å². The van der Waals surface area contributed by atoms with Crippen LogP contribution in [0.4, 0.5) is 10.1 Å². The lowest BCUT2D eigenvalue weighted by Gasteiger charge is -2.06. The van der Waals surface area contributed by atoms with Crippen molar-refractivity contribution in [2.75, 3.05) is 12.5 Å². The van der Waals surface area contributed by atoms with E-state index in [2.05, 4.69) is 31.7 Å². The average molecular weight is 471 g/mol. The Kier molecular flexibility index (Phi) is 5.39. The number of nitrogen functional groups attached to an aromatic ring is 1. The fourth-order valence-corrected chi connectivity index (χ4v) is 3.44. The summed E-state index contributed by atoms with van der Waals surface area (Å²) in [6, 6.07) is 12.5. The van der Waals surface area contributed by atoms with Crippen molar-refractivity contribution in [1.29, 1.82) is 0 Å². The normalized spacial score (nSPS) is 10.8. The van der Waals surface area contributed by atoms with Crippen molar-refractivity contribution in [3.05, 3.63) is 70.6 Å². The second kappa shape index (κ2) is 8.13. The molecule has 4 N–H and O–H groups in total. The van der Waals surface area contributed by atoms with Gasteiger partial charge in [0.2, 0.25) is 5.88 Å². The third kappa shape index (κ3) is 3.72. The summed E-state index contributed by atoms with van der Waals surface area (Å²) < 4.78 is 25.3. The van der Waals surface area contributed by atoms with Gasteiger partial charge in [0.25, 0.3) is 5.91 Å². The molecular formula is C21H16BrFN4O3. The summed E-state index contributed by atoms with van der Waals surface area (Å²) in [5.74, 6) is 6.02. The van der Waals surface area contributed by atoms with Gasteiger partial charge in [-0.3, -0.25) is 10.6 Å². The van der Waals surface area contributed by atoms with Crippen LogP contribution in [-0.2, 0) is 0 Å². The van der Waals surface area contributed by atoms with Crippen LogP contribution >= 0.6 is 15.9 Å². The Bertz CT molecular complexity index is 1220. The molecule has 1 amide bonds. The molecular weight excluding hydrogens is 455 g/mol. The number of hydrogen-bond acceptors (Lipinski definition) is 6. The largest absolute Gasteiger partial charge is 0.455 e. The van der Waals surface area contributed by atoms with Crippen molar-refractivity contribution < 1.29 is 18.3 Å². The van der Waals surface area contributed by atoms with Gasteiger partial charge in [-0.2, -0.15) is 0 Å². The fourth-order valence-electron chi connectivity index (χ4n) is 2.98. The highest BCUT2D eigenvalue weighted by Gasteiger charge is 2.23. The Morgan fingerprint density at radius 2 is 1.97 bits per heavy atom. The van der Waals surface area contributed by atoms with Crippen molar-refractivity contribution in [1.82, 2.24) is 10.3 Å². The summed E-state index contributed by atoms with van der Waals surface area (Å²) in [5, 5.41) is 3.26. The molecule has 152 valence electrons. The lowest BCUT2D eigenvalue weighted by molar-refractivity contribution is 0.0964. The molecule has 0 aliphatic heterocycles. The van der Waals surface area contributed by atoms with Gasteiger partial charge in [-0.05, 0) is 52.3 Å². The Hall–Kier alpha value is -3.43. The van der Waals surface area contributed by atoms with E-state index in [1.807, 2.05) is 0 Å². The first kappa shape index (κ1) is 19.9. The first-order valence-electron chi connectivity index (χ1n) is 8.84. The first-order chi connectivity index (χ1) is 14.5. The number of hydrogen-bond donors (Lipinski definition) is 3. The van der Waals surface area contributed by atoms with E-state index in [0.717, 1.165) is 0 Å². The number of furan rings is 1. The van der Waals surface area contributed by atoms with Gasteiger partial charge in [-0.25, -0.2) is 9.37 Å². The number of carbonyl (C=O) groups excluding carboxylic acids is 1. The molecule has 7 nitrogen and oxygen atoms in total. The van der Waals surface area contributed by atoms with Gasteiger partial charge in [0.1, 0.15) is 22.9 Å². The third-order valence-electron chi connectivity index (χ3n) is 4.42. The minimum Gasteiger partial charge on any atom is -0.455 e. The lowest BCUT2D eigenvalue weighted by atomic mass is 10.1. The minimum absolute atomic E-state index is 0.296. The van der Waals surface area contributed by atoms with Crippen LogP contribution in [-0.4, -0.2) is 17.9 Å². The molecule has 0 atom stereocenters. The number of benzene rings is 2. The van der Waals surface area contributed by atoms with Crippen molar-refractivity contribution in [2.45, 2.75) is 0 Å². The van der Waals surface area contributed by atoms with Crippen LogP contribution in [0.2, 0.25) is 0 Å². The first-order valence-corrected chi connectivity index (χ1v) is 9.64. The SMILES string of the molecule is CNC(=O)c1c(-c2ccc(Oc3ccc(F)cc3)nc2)oc2cc(NN)c(Br)cc12. The Balaban J connectivity index is 1.74. The number of nitrogens with zero attached hydrogens (tertiary/aromatic N) is 1. The number of nitrogens with one attached hydrogen (secondary N) is 2. The maximum absolute atomic E-state index is 13.0. The fraction of sp³-hybridized carbons (Fsp3) is 0.0476. The highest BCUT2D eigenvalue weighted by Crippen LogP contribution is 2.38. The highest BCUT2D eigenvalue weighted by molar-refractivity contribution is 9.10. The van der Waals surface area contributed by atoms with Gasteiger partial charge in [-0.15, -0.1) is 0 Å². The number of halogens is 2. The van der Waals surface area contributed by atoms with E-state index < -0.39 is 0 Å². The number of pyridine rings is 1. The molecule has 0 aliphatic rings. The van der Waals surface area contributed by atoms with Crippen molar-refractivity contribution in [3.8, 4) is 23.0 Å². The van der Waals surface area contributed by atoms with Crippen LogP contribution < -0.4 is 21.3 Å². The quantitative estimate of drug-likeness (QED) is 0.285. The molecule has 9 heteroatoms. The zero-order valence-electron chi connectivity index (χ0n) is 15.7. The van der Waals surface area contributed by atoms with Crippen LogP contribution in [0.3, 0.4) is 0 Å². The number of aromatic nitrogens is 1. The second-order valence-electron chi connectivity index (χ2n) is 6.30. The van der Waals surface area contributed by atoms with Crippen molar-refractivity contribution in [3.63, 3.8) is 0 Å². The van der Waals surface area contributed by atoms with E-state index in [9.17, 15) is 9.18 Å². The minimum atomic E-state index is -0.350. The Morgan fingerprint density at radius 1 is 1.20 bits per heavy atom. The number of carbonyl (C=O) groups is 1. The molecule has 4 aromatic rings. The summed E-state index contributed by atoms with van der Waals surface area (Å²) >= 11 is 3.43. The maximum Gasteiger partial charge on any atom is 0.255 e. The molecule has 30 heavy (non-hydrogen) atoms. The van der Waals surface area contributed by atoms with Gasteiger partial charge in [0.15, 0.2) is 0 Å². The van der Waals surface area contributed by atoms with Crippen LogP contribution in [0.25, 0.3) is 22.3 Å². The smallest absolute Gasteiger partial charge is 0.255 e. The summed E-state index contributed by atoms with van der Waals surface area (Å²) in [5.41, 5.74) is 4.66. The molecule has 4 rings (SSSR count).